The molecule has 2 aliphatic heterocycles. The number of nitrogens with zero attached hydrogens (tertiary/aromatic N) is 1. The van der Waals surface area contributed by atoms with Crippen LogP contribution in [0.2, 0.25) is 0 Å². The molecule has 0 aliphatic carbocycles. The molecule has 1 aromatic heterocycles. The molecule has 0 amide bonds. The number of para-hydroxylation sites is 1. The van der Waals surface area contributed by atoms with Gasteiger partial charge in [0.2, 0.25) is 0 Å². The van der Waals surface area contributed by atoms with Gasteiger partial charge < -0.3 is 9.88 Å². The Kier molecular flexibility index (Phi) is 1.71. The van der Waals surface area contributed by atoms with E-state index in [-0.39, 0.29) is 0 Å². The Balaban J connectivity index is 1.89. The van der Waals surface area contributed by atoms with Gasteiger partial charge in [-0.1, -0.05) is 18.2 Å². The van der Waals surface area contributed by atoms with Crippen LogP contribution in [0.4, 0.5) is 0 Å². The Morgan fingerprint density at radius 1 is 1.12 bits per heavy atom. The van der Waals surface area contributed by atoms with Crippen LogP contribution in [0, 0.1) is 11.8 Å². The van der Waals surface area contributed by atoms with Gasteiger partial charge in [0.05, 0.1) is 0 Å². The third-order valence-corrected chi connectivity index (χ3v) is 4.26. The molecule has 2 heteroatoms. The molecule has 0 saturated carbocycles. The lowest BCUT2D eigenvalue weighted by molar-refractivity contribution is 0.324. The van der Waals surface area contributed by atoms with Gasteiger partial charge in [-0.3, -0.25) is 0 Å². The van der Waals surface area contributed by atoms with E-state index in [4.69, 9.17) is 0 Å². The van der Waals surface area contributed by atoms with Crippen molar-refractivity contribution in [3.05, 3.63) is 36.0 Å². The smallest absolute Gasteiger partial charge is 0.0482 e. The zero-order chi connectivity index (χ0) is 10.5. The zero-order valence-electron chi connectivity index (χ0n) is 9.32. The van der Waals surface area contributed by atoms with Gasteiger partial charge in [-0.15, -0.1) is 0 Å². The molecule has 0 bridgehead atoms. The van der Waals surface area contributed by atoms with Crippen molar-refractivity contribution in [3.8, 4) is 0 Å². The first-order chi connectivity index (χ1) is 7.92. The summed E-state index contributed by atoms with van der Waals surface area (Å²) < 4.78 is 2.53. The molecule has 0 spiro atoms. The molecular weight excluding hydrogens is 196 g/mol. The first kappa shape index (κ1) is 8.82. The fraction of sp³-hybridized carbons (Fsp3) is 0.429. The summed E-state index contributed by atoms with van der Waals surface area (Å²) in [4.78, 5) is 0. The summed E-state index contributed by atoms with van der Waals surface area (Å²) in [5, 5.41) is 4.93. The third kappa shape index (κ3) is 1.11. The molecule has 1 N–H and O–H groups in total. The number of nitrogens with one attached hydrogen (secondary N) is 1. The van der Waals surface area contributed by atoms with Crippen LogP contribution >= 0.6 is 0 Å². The van der Waals surface area contributed by atoms with Crippen molar-refractivity contribution in [2.45, 2.75) is 13.0 Å². The topological polar surface area (TPSA) is 17.0 Å². The molecule has 2 aromatic rings. The summed E-state index contributed by atoms with van der Waals surface area (Å²) in [6, 6.07) is 11.1. The van der Waals surface area contributed by atoms with Crippen molar-refractivity contribution >= 4 is 10.9 Å². The van der Waals surface area contributed by atoms with E-state index in [2.05, 4.69) is 40.2 Å². The minimum Gasteiger partial charge on any atom is -0.344 e. The van der Waals surface area contributed by atoms with E-state index >= 15 is 0 Å². The Morgan fingerprint density at radius 3 is 3.00 bits per heavy atom. The lowest BCUT2D eigenvalue weighted by Crippen LogP contribution is -2.27. The molecule has 2 atom stereocenters. The van der Waals surface area contributed by atoms with E-state index in [9.17, 15) is 0 Å². The highest BCUT2D eigenvalue weighted by Gasteiger charge is 2.32. The minimum absolute atomic E-state index is 0.850. The summed E-state index contributed by atoms with van der Waals surface area (Å²) in [5.41, 5.74) is 2.95. The highest BCUT2D eigenvalue weighted by Crippen LogP contribution is 2.32. The lowest BCUT2D eigenvalue weighted by Gasteiger charge is -2.27. The second-order valence-corrected chi connectivity index (χ2v) is 5.19. The monoisotopic (exact) mass is 212 g/mol. The first-order valence-electron chi connectivity index (χ1n) is 6.20. The van der Waals surface area contributed by atoms with Crippen LogP contribution in [0.25, 0.3) is 10.9 Å². The van der Waals surface area contributed by atoms with E-state index in [1.165, 1.54) is 42.7 Å². The second kappa shape index (κ2) is 3.11. The van der Waals surface area contributed by atoms with Gasteiger partial charge in [0.25, 0.3) is 0 Å². The van der Waals surface area contributed by atoms with Crippen molar-refractivity contribution in [2.75, 3.05) is 13.1 Å². The SMILES string of the molecule is c1ccc2c(c1)cc1n2C[C@@H]2CNC[C@@H]2C1. The van der Waals surface area contributed by atoms with E-state index in [0.717, 1.165) is 11.8 Å². The Hall–Kier alpha value is -1.28. The van der Waals surface area contributed by atoms with Crippen LogP contribution in [0.5, 0.6) is 0 Å². The Morgan fingerprint density at radius 2 is 2.00 bits per heavy atom. The van der Waals surface area contributed by atoms with Gasteiger partial charge >= 0.3 is 0 Å². The van der Waals surface area contributed by atoms with Gasteiger partial charge in [0.1, 0.15) is 0 Å². The van der Waals surface area contributed by atoms with Gasteiger partial charge in [-0.25, -0.2) is 0 Å². The Bertz CT molecular complexity index is 541. The molecule has 82 valence electrons. The molecule has 2 aliphatic rings. The van der Waals surface area contributed by atoms with Crippen LogP contribution in [-0.4, -0.2) is 17.7 Å². The summed E-state index contributed by atoms with van der Waals surface area (Å²) in [6.45, 7) is 3.63. The van der Waals surface area contributed by atoms with Crippen LogP contribution in [-0.2, 0) is 13.0 Å². The summed E-state index contributed by atoms with van der Waals surface area (Å²) >= 11 is 0. The lowest BCUT2D eigenvalue weighted by atomic mass is 9.88. The van der Waals surface area contributed by atoms with E-state index < -0.39 is 0 Å². The molecular formula is C14H16N2. The standard InChI is InChI=1S/C14H16N2/c1-2-4-14-10(3-1)5-13-6-11-7-15-8-12(11)9-16(13)14/h1-5,11-12,15H,6-9H2/t11-,12-/m0/s1. The minimum atomic E-state index is 0.850. The normalized spacial score (nSPS) is 28.0. The van der Waals surface area contributed by atoms with E-state index in [1.807, 2.05) is 0 Å². The molecule has 0 unspecified atom stereocenters. The summed E-state index contributed by atoms with van der Waals surface area (Å²) in [6.07, 6.45) is 1.26. The summed E-state index contributed by atoms with van der Waals surface area (Å²) in [5.74, 6) is 1.72. The molecule has 0 radical (unpaired) electrons. The van der Waals surface area contributed by atoms with Crippen molar-refractivity contribution in [3.63, 3.8) is 0 Å². The first-order valence-corrected chi connectivity index (χ1v) is 6.20. The van der Waals surface area contributed by atoms with Gasteiger partial charge in [-0.05, 0) is 48.9 Å². The number of aromatic nitrogens is 1. The van der Waals surface area contributed by atoms with Crippen molar-refractivity contribution in [1.82, 2.24) is 9.88 Å². The maximum absolute atomic E-state index is 3.52. The number of hydrogen-bond acceptors (Lipinski definition) is 1. The van der Waals surface area contributed by atoms with E-state index in [0.29, 0.717) is 0 Å². The Labute approximate surface area is 95.3 Å². The van der Waals surface area contributed by atoms with Gasteiger partial charge in [0.15, 0.2) is 0 Å². The molecule has 1 aromatic carbocycles. The maximum Gasteiger partial charge on any atom is 0.0482 e. The van der Waals surface area contributed by atoms with Gasteiger partial charge in [-0.2, -0.15) is 0 Å². The number of rotatable bonds is 0. The molecule has 16 heavy (non-hydrogen) atoms. The van der Waals surface area contributed by atoms with Crippen molar-refractivity contribution in [2.24, 2.45) is 11.8 Å². The fourth-order valence-electron chi connectivity index (χ4n) is 3.40. The largest absolute Gasteiger partial charge is 0.344 e. The quantitative estimate of drug-likeness (QED) is 0.707. The fourth-order valence-corrected chi connectivity index (χ4v) is 3.40. The highest BCUT2D eigenvalue weighted by molar-refractivity contribution is 5.81. The van der Waals surface area contributed by atoms with Crippen LogP contribution in [0.1, 0.15) is 5.69 Å². The number of benzene rings is 1. The molecule has 3 heterocycles. The highest BCUT2D eigenvalue weighted by atomic mass is 15.0. The van der Waals surface area contributed by atoms with E-state index in [1.54, 1.807) is 0 Å². The second-order valence-electron chi connectivity index (χ2n) is 5.19. The van der Waals surface area contributed by atoms with Crippen LogP contribution in [0.15, 0.2) is 30.3 Å². The van der Waals surface area contributed by atoms with Crippen LogP contribution in [0.3, 0.4) is 0 Å². The average Bonchev–Trinajstić information content (AvgIpc) is 2.88. The third-order valence-electron chi connectivity index (χ3n) is 4.26. The van der Waals surface area contributed by atoms with Crippen molar-refractivity contribution in [1.29, 1.82) is 0 Å². The average molecular weight is 212 g/mol. The maximum atomic E-state index is 3.52. The predicted octanol–water partition coefficient (Wildman–Crippen LogP) is 2.03. The zero-order valence-corrected chi connectivity index (χ0v) is 9.32. The van der Waals surface area contributed by atoms with Crippen LogP contribution < -0.4 is 5.32 Å². The number of hydrogen-bond donors (Lipinski definition) is 1. The van der Waals surface area contributed by atoms with Crippen molar-refractivity contribution < 1.29 is 0 Å². The molecule has 4 rings (SSSR count). The molecule has 1 fully saturated rings. The number of fused-ring (bicyclic) bond motifs is 4. The summed E-state index contributed by atoms with van der Waals surface area (Å²) in [7, 11) is 0. The predicted molar refractivity (Wildman–Crippen MR) is 65.5 cm³/mol. The molecule has 2 nitrogen and oxygen atoms in total. The molecule has 1 saturated heterocycles. The van der Waals surface area contributed by atoms with Gasteiger partial charge in [0, 0.05) is 17.8 Å².